The van der Waals surface area contributed by atoms with E-state index >= 15 is 0 Å². The molecule has 0 unspecified atom stereocenters. The molecule has 3 N–H and O–H groups in total. The Hall–Kier alpha value is -2.14. The number of hydrogen-bond donors (Lipinski definition) is 2. The van der Waals surface area contributed by atoms with Crippen molar-refractivity contribution in [2.45, 2.75) is 18.0 Å². The number of hydrogen-bond acceptors (Lipinski definition) is 6. The molecule has 2 aromatic carbocycles. The van der Waals surface area contributed by atoms with E-state index in [1.165, 1.54) is 10.9 Å². The molecule has 0 saturated carbocycles. The van der Waals surface area contributed by atoms with Gasteiger partial charge in [-0.1, -0.05) is 30.3 Å². The molecule has 0 spiro atoms. The summed E-state index contributed by atoms with van der Waals surface area (Å²) in [5.41, 5.74) is 1.99. The number of benzene rings is 2. The molecule has 0 aliphatic rings. The van der Waals surface area contributed by atoms with Gasteiger partial charge in [-0.2, -0.15) is 4.80 Å². The van der Waals surface area contributed by atoms with Gasteiger partial charge in [0.05, 0.1) is 23.6 Å². The largest absolute Gasteiger partial charge is 0.392 e. The number of sulfonamides is 1. The molecule has 3 aromatic rings. The van der Waals surface area contributed by atoms with Crippen molar-refractivity contribution >= 4 is 26.0 Å². The van der Waals surface area contributed by atoms with Crippen LogP contribution in [0.15, 0.2) is 51.8 Å². The van der Waals surface area contributed by atoms with Crippen molar-refractivity contribution in [3.8, 4) is 11.4 Å². The van der Waals surface area contributed by atoms with Crippen LogP contribution in [0.2, 0.25) is 0 Å². The smallest absolute Gasteiger partial charge is 0.238 e. The number of primary sulfonamides is 1. The Morgan fingerprint density at radius 3 is 2.44 bits per heavy atom. The Balaban J connectivity index is 1.94. The molecule has 130 valence electrons. The first-order chi connectivity index (χ1) is 11.9. The van der Waals surface area contributed by atoms with Gasteiger partial charge in [-0.05, 0) is 44.4 Å². The second-order valence-corrected chi connectivity index (χ2v) is 7.66. The molecule has 0 radical (unpaired) electrons. The first-order valence-corrected chi connectivity index (χ1v) is 9.50. The number of nitrogens with zero attached hydrogens (tertiary/aromatic N) is 4. The van der Waals surface area contributed by atoms with E-state index < -0.39 is 10.0 Å². The molecule has 1 aromatic heterocycles. The average molecular weight is 424 g/mol. The summed E-state index contributed by atoms with van der Waals surface area (Å²) in [5, 5.41) is 26.5. The normalized spacial score (nSPS) is 11.6. The van der Waals surface area contributed by atoms with Crippen LogP contribution in [0.25, 0.3) is 11.4 Å². The van der Waals surface area contributed by atoms with Crippen molar-refractivity contribution in [1.29, 1.82) is 0 Å². The van der Waals surface area contributed by atoms with E-state index in [4.69, 9.17) is 10.2 Å². The lowest BCUT2D eigenvalue weighted by Crippen LogP contribution is -2.14. The minimum absolute atomic E-state index is 0.0234. The molecule has 1 heterocycles. The van der Waals surface area contributed by atoms with E-state index in [2.05, 4.69) is 31.3 Å². The number of tetrazole rings is 1. The van der Waals surface area contributed by atoms with Gasteiger partial charge in [0, 0.05) is 4.47 Å². The number of aromatic nitrogens is 4. The van der Waals surface area contributed by atoms with Crippen LogP contribution in [0.1, 0.15) is 11.1 Å². The molecule has 0 aliphatic carbocycles. The fraction of sp³-hybridized carbons (Fsp3) is 0.133. The topological polar surface area (TPSA) is 124 Å². The maximum Gasteiger partial charge on any atom is 0.238 e. The highest BCUT2D eigenvalue weighted by molar-refractivity contribution is 9.10. The van der Waals surface area contributed by atoms with E-state index in [1.54, 1.807) is 24.3 Å². The Morgan fingerprint density at radius 2 is 1.80 bits per heavy atom. The molecule has 3 rings (SSSR count). The molecule has 0 saturated heterocycles. The van der Waals surface area contributed by atoms with Crippen molar-refractivity contribution in [2.75, 3.05) is 0 Å². The highest BCUT2D eigenvalue weighted by Crippen LogP contribution is 2.31. The SMILES string of the molecule is NS(=O)(=O)c1cccc(Br)c1-c1nnn(Cc2ccc(CO)cc2)n1. The van der Waals surface area contributed by atoms with E-state index in [0.29, 0.717) is 11.0 Å². The predicted molar refractivity (Wildman–Crippen MR) is 93.8 cm³/mol. The number of halogens is 1. The van der Waals surface area contributed by atoms with Gasteiger partial charge in [0.15, 0.2) is 0 Å². The molecule has 8 nitrogen and oxygen atoms in total. The van der Waals surface area contributed by atoms with Crippen LogP contribution in [-0.2, 0) is 23.2 Å². The van der Waals surface area contributed by atoms with Crippen molar-refractivity contribution in [3.63, 3.8) is 0 Å². The third-order valence-corrected chi connectivity index (χ3v) is 5.10. The Morgan fingerprint density at radius 1 is 1.12 bits per heavy atom. The lowest BCUT2D eigenvalue weighted by molar-refractivity contribution is 0.282. The first-order valence-electron chi connectivity index (χ1n) is 7.16. The van der Waals surface area contributed by atoms with Crippen LogP contribution in [0, 0.1) is 0 Å². The van der Waals surface area contributed by atoms with Gasteiger partial charge in [-0.25, -0.2) is 13.6 Å². The molecule has 0 fully saturated rings. The minimum Gasteiger partial charge on any atom is -0.392 e. The third-order valence-electron chi connectivity index (χ3n) is 3.49. The zero-order chi connectivity index (χ0) is 18.0. The number of aliphatic hydroxyl groups excluding tert-OH is 1. The second-order valence-electron chi connectivity index (χ2n) is 5.28. The maximum atomic E-state index is 11.8. The van der Waals surface area contributed by atoms with Crippen molar-refractivity contribution in [3.05, 3.63) is 58.1 Å². The fourth-order valence-corrected chi connectivity index (χ4v) is 3.71. The van der Waals surface area contributed by atoms with Gasteiger partial charge in [0.25, 0.3) is 0 Å². The lowest BCUT2D eigenvalue weighted by atomic mass is 10.1. The molecule has 0 aliphatic heterocycles. The van der Waals surface area contributed by atoms with Crippen LogP contribution in [-0.4, -0.2) is 33.7 Å². The zero-order valence-electron chi connectivity index (χ0n) is 12.9. The fourth-order valence-electron chi connectivity index (χ4n) is 2.28. The number of nitrogens with two attached hydrogens (primary N) is 1. The molecule has 0 atom stereocenters. The van der Waals surface area contributed by atoms with Crippen LogP contribution in [0.4, 0.5) is 0 Å². The molecule has 25 heavy (non-hydrogen) atoms. The van der Waals surface area contributed by atoms with Gasteiger partial charge < -0.3 is 5.11 Å². The number of aliphatic hydroxyl groups is 1. The van der Waals surface area contributed by atoms with E-state index in [9.17, 15) is 8.42 Å². The summed E-state index contributed by atoms with van der Waals surface area (Å²) in [5.74, 6) is 0.156. The minimum atomic E-state index is -3.93. The molecule has 10 heteroatoms. The predicted octanol–water partition coefficient (Wildman–Crippen LogP) is 1.29. The number of rotatable bonds is 5. The highest BCUT2D eigenvalue weighted by Gasteiger charge is 2.21. The van der Waals surface area contributed by atoms with Gasteiger partial charge >= 0.3 is 0 Å². The van der Waals surface area contributed by atoms with Crippen LogP contribution >= 0.6 is 15.9 Å². The maximum absolute atomic E-state index is 11.8. The third kappa shape index (κ3) is 3.93. The van der Waals surface area contributed by atoms with Gasteiger partial charge in [-0.3, -0.25) is 0 Å². The molecule has 0 amide bonds. The standard InChI is InChI=1S/C15H14BrN5O3S/c16-12-2-1-3-13(25(17,23)24)14(12)15-18-20-21(19-15)8-10-4-6-11(9-22)7-5-10/h1-7,22H,8-9H2,(H2,17,23,24). The highest BCUT2D eigenvalue weighted by atomic mass is 79.9. The Labute approximate surface area is 152 Å². The van der Waals surface area contributed by atoms with Crippen molar-refractivity contribution in [1.82, 2.24) is 20.2 Å². The van der Waals surface area contributed by atoms with E-state index in [0.717, 1.165) is 11.1 Å². The van der Waals surface area contributed by atoms with Gasteiger partial charge in [-0.15, -0.1) is 10.2 Å². The molecular formula is C15H14BrN5O3S. The molecular weight excluding hydrogens is 410 g/mol. The average Bonchev–Trinajstić information content (AvgIpc) is 3.02. The summed E-state index contributed by atoms with van der Waals surface area (Å²) in [7, 11) is -3.93. The second kappa shape index (κ2) is 7.00. The summed E-state index contributed by atoms with van der Waals surface area (Å²) in [6.07, 6.45) is 0. The zero-order valence-corrected chi connectivity index (χ0v) is 15.3. The van der Waals surface area contributed by atoms with E-state index in [1.807, 2.05) is 12.1 Å². The lowest BCUT2D eigenvalue weighted by Gasteiger charge is -2.06. The van der Waals surface area contributed by atoms with Crippen LogP contribution < -0.4 is 5.14 Å². The summed E-state index contributed by atoms with van der Waals surface area (Å²) >= 11 is 3.31. The van der Waals surface area contributed by atoms with Gasteiger partial charge in [0.2, 0.25) is 15.8 Å². The summed E-state index contributed by atoms with van der Waals surface area (Å²) in [6, 6.07) is 12.0. The van der Waals surface area contributed by atoms with Gasteiger partial charge in [0.1, 0.15) is 0 Å². The quantitative estimate of drug-likeness (QED) is 0.636. The summed E-state index contributed by atoms with van der Waals surface area (Å²) in [6.45, 7) is 0.332. The Kier molecular flexibility index (Phi) is 4.95. The van der Waals surface area contributed by atoms with E-state index in [-0.39, 0.29) is 22.9 Å². The Bertz CT molecular complexity index is 1000. The van der Waals surface area contributed by atoms with Crippen LogP contribution in [0.5, 0.6) is 0 Å². The van der Waals surface area contributed by atoms with Crippen LogP contribution in [0.3, 0.4) is 0 Å². The monoisotopic (exact) mass is 423 g/mol. The first kappa shape index (κ1) is 17.7. The summed E-state index contributed by atoms with van der Waals surface area (Å²) < 4.78 is 24.1. The molecule has 0 bridgehead atoms. The van der Waals surface area contributed by atoms with Crippen molar-refractivity contribution in [2.24, 2.45) is 5.14 Å². The summed E-state index contributed by atoms with van der Waals surface area (Å²) in [4.78, 5) is 1.28. The van der Waals surface area contributed by atoms with Crippen molar-refractivity contribution < 1.29 is 13.5 Å².